The van der Waals surface area contributed by atoms with E-state index in [0.717, 1.165) is 11.5 Å². The molecule has 3 heteroatoms. The monoisotopic (exact) mass is 156 g/mol. The fourth-order valence-corrected chi connectivity index (χ4v) is 0.659. The van der Waals surface area contributed by atoms with Gasteiger partial charge in [0.05, 0.1) is 0 Å². The van der Waals surface area contributed by atoms with E-state index in [9.17, 15) is 0 Å². The fraction of sp³-hybridized carbons (Fsp3) is 1.00. The molecule has 0 aliphatic heterocycles. The molecule has 0 aromatic rings. The van der Waals surface area contributed by atoms with Crippen molar-refractivity contribution in [2.75, 3.05) is 11.5 Å². The highest BCUT2D eigenvalue weighted by Crippen LogP contribution is 1.99. The Bertz CT molecular complexity index is 17.1. The third-order valence-corrected chi connectivity index (χ3v) is 1.81. The molecule has 5 heavy (non-hydrogen) atoms. The van der Waals surface area contributed by atoms with E-state index in [1.54, 1.807) is 0 Å². The van der Waals surface area contributed by atoms with Crippen molar-refractivity contribution in [2.45, 2.75) is 0 Å². The second kappa shape index (κ2) is 4.87. The number of alkyl halides is 1. The molecule has 1 atom stereocenters. The van der Waals surface area contributed by atoms with Gasteiger partial charge in [0.2, 0.25) is 0 Å². The topological polar surface area (TPSA) is 20.2 Å². The quantitative estimate of drug-likeness (QED) is 0.467. The molecule has 0 rings (SSSR count). The van der Waals surface area contributed by atoms with Gasteiger partial charge in [-0.15, -0.1) is 0 Å². The normalized spacial score (nSPS) is 10.8. The molecule has 1 nitrogen and oxygen atoms in total. The summed E-state index contributed by atoms with van der Waals surface area (Å²) in [7, 11) is 0.111. The first-order chi connectivity index (χ1) is 2.41. The van der Waals surface area contributed by atoms with Crippen LogP contribution in [-0.2, 0) is 0 Å². The van der Waals surface area contributed by atoms with Crippen LogP contribution in [0.1, 0.15) is 0 Å². The Morgan fingerprint density at radius 2 is 2.40 bits per heavy atom. The maximum absolute atomic E-state index is 8.06. The minimum Gasteiger partial charge on any atom is -0.377 e. The predicted octanol–water partition coefficient (Wildman–Crippen LogP) is 0.967. The lowest BCUT2D eigenvalue weighted by molar-refractivity contribution is 0.647. The van der Waals surface area contributed by atoms with Gasteiger partial charge in [0, 0.05) is 14.1 Å². The average Bonchev–Trinajstić information content (AvgIpc) is 1.41. The largest absolute Gasteiger partial charge is 0.377 e. The van der Waals surface area contributed by atoms with E-state index < -0.39 is 0 Å². The molecule has 0 fully saturated rings. The van der Waals surface area contributed by atoms with Crippen LogP contribution in [-0.4, -0.2) is 16.4 Å². The number of hydrogen-bond donors (Lipinski definition) is 1. The lowest BCUT2D eigenvalue weighted by Gasteiger charge is -1.77. The molecule has 0 aliphatic rings. The van der Waals surface area contributed by atoms with Crippen molar-refractivity contribution in [3.05, 3.63) is 0 Å². The van der Waals surface area contributed by atoms with Crippen molar-refractivity contribution in [2.24, 2.45) is 0 Å². The molecule has 0 aromatic heterocycles. The Kier molecular flexibility index (Phi) is 5.72. The molecule has 0 spiro atoms. The van der Waals surface area contributed by atoms with Crippen molar-refractivity contribution in [3.8, 4) is 0 Å². The summed E-state index contributed by atoms with van der Waals surface area (Å²) >= 11 is 3.16. The Labute approximate surface area is 41.8 Å². The SMILES string of the molecule is OPCCBr. The summed E-state index contributed by atoms with van der Waals surface area (Å²) in [6.07, 6.45) is 0.889. The van der Waals surface area contributed by atoms with E-state index in [1.165, 1.54) is 0 Å². The molecular weight excluding hydrogens is 151 g/mol. The van der Waals surface area contributed by atoms with E-state index in [2.05, 4.69) is 15.9 Å². The zero-order valence-corrected chi connectivity index (χ0v) is 5.33. The zero-order chi connectivity index (χ0) is 4.12. The lowest BCUT2D eigenvalue weighted by Crippen LogP contribution is -1.68. The molecule has 1 N–H and O–H groups in total. The summed E-state index contributed by atoms with van der Waals surface area (Å²) in [6, 6.07) is 0. The summed E-state index contributed by atoms with van der Waals surface area (Å²) in [5, 5.41) is 0.919. The van der Waals surface area contributed by atoms with Crippen molar-refractivity contribution >= 4 is 24.7 Å². The Morgan fingerprint density at radius 3 is 2.40 bits per heavy atom. The molecule has 0 bridgehead atoms. The smallest absolute Gasteiger partial charge is 0.0115 e. The highest BCUT2D eigenvalue weighted by atomic mass is 79.9. The molecular formula is C2H6BrOP. The number of rotatable bonds is 2. The lowest BCUT2D eigenvalue weighted by atomic mass is 11.0. The Morgan fingerprint density at radius 1 is 1.80 bits per heavy atom. The first kappa shape index (κ1) is 5.87. The van der Waals surface area contributed by atoms with Crippen LogP contribution >= 0.6 is 24.7 Å². The first-order valence-corrected chi connectivity index (χ1v) is 3.62. The van der Waals surface area contributed by atoms with Gasteiger partial charge in [0.15, 0.2) is 0 Å². The van der Waals surface area contributed by atoms with Crippen LogP contribution in [0.2, 0.25) is 0 Å². The van der Waals surface area contributed by atoms with Crippen molar-refractivity contribution in [1.29, 1.82) is 0 Å². The van der Waals surface area contributed by atoms with Crippen molar-refractivity contribution < 1.29 is 4.89 Å². The van der Waals surface area contributed by atoms with Gasteiger partial charge in [-0.3, -0.25) is 0 Å². The van der Waals surface area contributed by atoms with Crippen LogP contribution in [0, 0.1) is 0 Å². The summed E-state index contributed by atoms with van der Waals surface area (Å²) in [4.78, 5) is 8.06. The van der Waals surface area contributed by atoms with E-state index in [4.69, 9.17) is 4.89 Å². The van der Waals surface area contributed by atoms with E-state index >= 15 is 0 Å². The number of hydrogen-bond acceptors (Lipinski definition) is 1. The van der Waals surface area contributed by atoms with Crippen LogP contribution in [0.3, 0.4) is 0 Å². The summed E-state index contributed by atoms with van der Waals surface area (Å²) in [5.41, 5.74) is 0. The molecule has 0 aromatic carbocycles. The maximum atomic E-state index is 8.06. The van der Waals surface area contributed by atoms with Crippen LogP contribution in [0.4, 0.5) is 0 Å². The minimum absolute atomic E-state index is 0.111. The van der Waals surface area contributed by atoms with E-state index in [-0.39, 0.29) is 8.81 Å². The van der Waals surface area contributed by atoms with Crippen molar-refractivity contribution in [1.82, 2.24) is 0 Å². The second-order valence-electron chi connectivity index (χ2n) is 0.597. The zero-order valence-electron chi connectivity index (χ0n) is 2.74. The van der Waals surface area contributed by atoms with Crippen LogP contribution in [0.5, 0.6) is 0 Å². The number of halogens is 1. The third-order valence-electron chi connectivity index (χ3n) is 0.206. The van der Waals surface area contributed by atoms with Gasteiger partial charge in [0.1, 0.15) is 0 Å². The van der Waals surface area contributed by atoms with E-state index in [0.29, 0.717) is 0 Å². The highest BCUT2D eigenvalue weighted by Gasteiger charge is 1.71. The average molecular weight is 157 g/mol. The van der Waals surface area contributed by atoms with Gasteiger partial charge in [-0.1, -0.05) is 15.9 Å². The summed E-state index contributed by atoms with van der Waals surface area (Å²) in [6.45, 7) is 0. The first-order valence-electron chi connectivity index (χ1n) is 1.34. The maximum Gasteiger partial charge on any atom is 0.0115 e. The van der Waals surface area contributed by atoms with Crippen LogP contribution < -0.4 is 0 Å². The third kappa shape index (κ3) is 4.87. The molecule has 32 valence electrons. The fourth-order valence-electron chi connectivity index (χ4n) is 0.0423. The minimum atomic E-state index is 0.111. The van der Waals surface area contributed by atoms with Gasteiger partial charge < -0.3 is 4.89 Å². The molecule has 1 unspecified atom stereocenters. The van der Waals surface area contributed by atoms with Crippen LogP contribution in [0.15, 0.2) is 0 Å². The predicted molar refractivity (Wildman–Crippen MR) is 29.2 cm³/mol. The van der Waals surface area contributed by atoms with Gasteiger partial charge >= 0.3 is 0 Å². The molecule has 0 radical (unpaired) electrons. The summed E-state index contributed by atoms with van der Waals surface area (Å²) in [5.74, 6) is 0. The molecule has 0 heterocycles. The standard InChI is InChI=1S/C2H6BrOP/c3-1-2-5-4/h4-5H,1-2H2. The Hall–Kier alpha value is 0.870. The van der Waals surface area contributed by atoms with Gasteiger partial charge in [-0.2, -0.15) is 0 Å². The highest BCUT2D eigenvalue weighted by molar-refractivity contribution is 9.09. The molecule has 0 amide bonds. The molecule has 0 saturated heterocycles. The molecule has 0 aliphatic carbocycles. The van der Waals surface area contributed by atoms with Crippen molar-refractivity contribution in [3.63, 3.8) is 0 Å². The van der Waals surface area contributed by atoms with Gasteiger partial charge in [-0.25, -0.2) is 0 Å². The van der Waals surface area contributed by atoms with Crippen LogP contribution in [0.25, 0.3) is 0 Å². The second-order valence-corrected chi connectivity index (χ2v) is 2.21. The van der Waals surface area contributed by atoms with Gasteiger partial charge in [0.25, 0.3) is 0 Å². The Balaban J connectivity index is 2.19. The molecule has 0 saturated carbocycles. The van der Waals surface area contributed by atoms with E-state index in [1.807, 2.05) is 0 Å². The van der Waals surface area contributed by atoms with Gasteiger partial charge in [-0.05, 0) is 6.16 Å². The summed E-state index contributed by atoms with van der Waals surface area (Å²) < 4.78 is 0.